The first-order valence-electron chi connectivity index (χ1n) is 21.0. The molecule has 0 spiro atoms. The first kappa shape index (κ1) is 50.4. The first-order valence-corrected chi connectivity index (χ1v) is 21.0. The van der Waals surface area contributed by atoms with Gasteiger partial charge in [0.25, 0.3) is 5.91 Å². The quantitative estimate of drug-likeness (QED) is 0.244. The van der Waals surface area contributed by atoms with Crippen molar-refractivity contribution in [2.75, 3.05) is 20.6 Å². The first-order chi connectivity index (χ1) is 27.6. The van der Waals surface area contributed by atoms with Crippen LogP contribution >= 0.6 is 0 Å². The molecule has 6 amide bonds. The van der Waals surface area contributed by atoms with Crippen LogP contribution in [0.3, 0.4) is 0 Å². The van der Waals surface area contributed by atoms with Crippen molar-refractivity contribution >= 4 is 41.4 Å². The Balaban J connectivity index is 2.61. The number of nitrogens with zero attached hydrogens (tertiary/aromatic N) is 2. The minimum atomic E-state index is -1.21. The van der Waals surface area contributed by atoms with Crippen LogP contribution in [0.15, 0.2) is 42.0 Å². The Morgan fingerprint density at radius 2 is 1.37 bits per heavy atom. The van der Waals surface area contributed by atoms with Gasteiger partial charge in [0, 0.05) is 38.2 Å². The molecular formula is C44H71N7O8. The molecule has 0 aromatic heterocycles. The highest BCUT2D eigenvalue weighted by Gasteiger charge is 2.36. The van der Waals surface area contributed by atoms with Crippen molar-refractivity contribution in [1.82, 2.24) is 31.1 Å². The molecule has 0 fully saturated rings. The number of rotatable bonds is 8. The van der Waals surface area contributed by atoms with Crippen LogP contribution in [-0.2, 0) is 44.7 Å². The molecule has 2 unspecified atom stereocenters. The summed E-state index contributed by atoms with van der Waals surface area (Å²) in [5.41, 5.74) is 7.67. The molecule has 1 aromatic rings. The molecule has 1 heterocycles. The summed E-state index contributed by atoms with van der Waals surface area (Å²) < 4.78 is 5.73. The second-order valence-corrected chi connectivity index (χ2v) is 16.8. The predicted octanol–water partition coefficient (Wildman–Crippen LogP) is 2.86. The molecule has 15 heteroatoms. The Bertz CT molecular complexity index is 1640. The van der Waals surface area contributed by atoms with Crippen LogP contribution in [0.1, 0.15) is 100 Å². The van der Waals surface area contributed by atoms with Crippen LogP contribution in [0.25, 0.3) is 0 Å². The van der Waals surface area contributed by atoms with E-state index in [1.165, 1.54) is 30.8 Å². The van der Waals surface area contributed by atoms with Gasteiger partial charge >= 0.3 is 5.97 Å². The summed E-state index contributed by atoms with van der Waals surface area (Å²) in [5, 5.41) is 11.3. The van der Waals surface area contributed by atoms with Gasteiger partial charge in [-0.25, -0.2) is 4.79 Å². The fourth-order valence-electron chi connectivity index (χ4n) is 6.96. The van der Waals surface area contributed by atoms with Crippen LogP contribution < -0.4 is 27.0 Å². The number of nitrogens with two attached hydrogens (primary N) is 1. The lowest BCUT2D eigenvalue weighted by Gasteiger charge is -2.34. The number of likely N-dealkylation sites (N-methyl/N-ethyl adjacent to an activating group) is 2. The van der Waals surface area contributed by atoms with Crippen molar-refractivity contribution in [3.63, 3.8) is 0 Å². The minimum absolute atomic E-state index is 0.00768. The van der Waals surface area contributed by atoms with Gasteiger partial charge in [0.05, 0.1) is 6.54 Å². The highest BCUT2D eigenvalue weighted by atomic mass is 16.5. The fraction of sp³-hybridized carbons (Fsp3) is 0.659. The molecule has 0 bridgehead atoms. The molecule has 0 saturated carbocycles. The van der Waals surface area contributed by atoms with Gasteiger partial charge in [-0.1, -0.05) is 97.7 Å². The number of carbonyl (C=O) groups excluding carboxylic acids is 7. The molecule has 1 aromatic carbocycles. The second-order valence-electron chi connectivity index (χ2n) is 16.8. The number of ether oxygens (including phenoxy) is 1. The third-order valence-electron chi connectivity index (χ3n) is 11.5. The monoisotopic (exact) mass is 826 g/mol. The number of carbonyl (C=O) groups is 7. The Kier molecular flexibility index (Phi) is 20.2. The number of hydrogen-bond acceptors (Lipinski definition) is 9. The largest absolute Gasteiger partial charge is 0.449 e. The molecule has 2 rings (SSSR count). The maximum Gasteiger partial charge on any atom is 0.334 e. The molecule has 10 atom stereocenters. The summed E-state index contributed by atoms with van der Waals surface area (Å²) in [7, 11) is 2.89. The predicted molar refractivity (Wildman–Crippen MR) is 227 cm³/mol. The van der Waals surface area contributed by atoms with Crippen molar-refractivity contribution in [2.24, 2.45) is 29.4 Å². The van der Waals surface area contributed by atoms with E-state index in [1.54, 1.807) is 32.1 Å². The molecule has 330 valence electrons. The third kappa shape index (κ3) is 15.1. The average Bonchev–Trinajstić information content (AvgIpc) is 3.20. The highest BCUT2D eigenvalue weighted by Crippen LogP contribution is 2.22. The van der Waals surface area contributed by atoms with Gasteiger partial charge in [-0.2, -0.15) is 0 Å². The zero-order valence-electron chi connectivity index (χ0n) is 37.3. The van der Waals surface area contributed by atoms with Crippen molar-refractivity contribution in [3.05, 3.63) is 47.5 Å². The maximum atomic E-state index is 14.1. The van der Waals surface area contributed by atoms with E-state index in [2.05, 4.69) is 21.3 Å². The fourth-order valence-corrected chi connectivity index (χ4v) is 6.96. The van der Waals surface area contributed by atoms with Crippen molar-refractivity contribution in [1.29, 1.82) is 0 Å². The zero-order valence-corrected chi connectivity index (χ0v) is 37.3. The average molecular weight is 826 g/mol. The lowest BCUT2D eigenvalue weighted by molar-refractivity contribution is -0.154. The molecule has 0 saturated heterocycles. The Morgan fingerprint density at radius 3 is 1.95 bits per heavy atom. The standard InChI is InChI=1S/C44H71N7O8/c1-13-26(5)37-29(8)33(45)21-20-28(7)44(58)59-35(22-25(3)4)40(54)47-31(10)42(56)51(12)34(23-32-18-16-15-17-19-32)43(57)50(11)24-36(52)48-38(27(6)14-2)41(55)46-30(9)39(53)49-37/h15-20,25-27,29-31,33-35,37-38H,13-14,21-24,45H2,1-12H3,(H,46,55)(H,47,54)(H,48,52)(H,49,53)/b28-20+/t26-,27?,29-,30+,31-,33-,34+,35+,37+,38?/m0/s1. The topological polar surface area (TPSA) is 209 Å². The van der Waals surface area contributed by atoms with Gasteiger partial charge in [-0.15, -0.1) is 0 Å². The summed E-state index contributed by atoms with van der Waals surface area (Å²) >= 11 is 0. The Morgan fingerprint density at radius 1 is 0.780 bits per heavy atom. The van der Waals surface area contributed by atoms with Crippen LogP contribution in [0, 0.1) is 23.7 Å². The van der Waals surface area contributed by atoms with E-state index in [0.29, 0.717) is 6.42 Å². The number of amides is 6. The smallest absolute Gasteiger partial charge is 0.334 e. The number of nitrogens with one attached hydrogen (secondary N) is 4. The maximum absolute atomic E-state index is 14.1. The number of cyclic esters (lactones) is 1. The minimum Gasteiger partial charge on any atom is -0.449 e. The number of benzene rings is 1. The van der Waals surface area contributed by atoms with Gasteiger partial charge in [0.2, 0.25) is 29.5 Å². The third-order valence-corrected chi connectivity index (χ3v) is 11.5. The molecule has 1 aliphatic rings. The highest BCUT2D eigenvalue weighted by molar-refractivity contribution is 5.96. The van der Waals surface area contributed by atoms with E-state index in [9.17, 15) is 33.6 Å². The molecule has 1 aliphatic heterocycles. The Labute approximate surface area is 351 Å². The van der Waals surface area contributed by atoms with Crippen LogP contribution in [0.4, 0.5) is 0 Å². The number of hydrogen-bond donors (Lipinski definition) is 5. The normalized spacial score (nSPS) is 29.1. The SMILES string of the molecule is CCC(C)C1NC(=O)CN(C)C(=O)[C@@H](Cc2ccccc2)N(C)C(=O)[C@H](C)NC(=O)[C@@H](CC(C)C)OC(=O)/C(C)=C/C[C@H](N)[C@H](C)[C@@H]([C@@H](C)CC)NC(=O)[C@@H](C)NC1=O. The molecule has 59 heavy (non-hydrogen) atoms. The van der Waals surface area contributed by atoms with E-state index < -0.39 is 84.3 Å². The lowest BCUT2D eigenvalue weighted by atomic mass is 9.83. The number of esters is 1. The summed E-state index contributed by atoms with van der Waals surface area (Å²) in [6, 6.07) is 4.02. The lowest BCUT2D eigenvalue weighted by Crippen LogP contribution is -2.59. The van der Waals surface area contributed by atoms with Crippen LogP contribution in [0.5, 0.6) is 0 Å². The van der Waals surface area contributed by atoms with Crippen LogP contribution in [-0.4, -0.2) is 114 Å². The van der Waals surface area contributed by atoms with Gasteiger partial charge in [0.1, 0.15) is 24.2 Å². The van der Waals surface area contributed by atoms with Gasteiger partial charge < -0.3 is 41.5 Å². The van der Waals surface area contributed by atoms with Crippen LogP contribution in [0.2, 0.25) is 0 Å². The van der Waals surface area contributed by atoms with E-state index in [-0.39, 0.29) is 54.5 Å². The summed E-state index contributed by atoms with van der Waals surface area (Å²) in [4.78, 5) is 98.4. The van der Waals surface area contributed by atoms with E-state index in [1.807, 2.05) is 66.7 Å². The molecule has 15 nitrogen and oxygen atoms in total. The van der Waals surface area contributed by atoms with E-state index >= 15 is 0 Å². The Hall–Kier alpha value is -4.79. The molecular weight excluding hydrogens is 755 g/mol. The van der Waals surface area contributed by atoms with E-state index in [4.69, 9.17) is 10.5 Å². The molecule has 0 radical (unpaired) electrons. The second kappa shape index (κ2) is 23.7. The summed E-state index contributed by atoms with van der Waals surface area (Å²) in [6.45, 7) is 17.6. The van der Waals surface area contributed by atoms with Gasteiger partial charge in [-0.05, 0) is 62.8 Å². The summed E-state index contributed by atoms with van der Waals surface area (Å²) in [5.74, 6) is -4.71. The van der Waals surface area contributed by atoms with Crippen molar-refractivity contribution in [3.8, 4) is 0 Å². The van der Waals surface area contributed by atoms with Gasteiger partial charge in [0.15, 0.2) is 6.10 Å². The van der Waals surface area contributed by atoms with Gasteiger partial charge in [-0.3, -0.25) is 28.8 Å². The molecule has 0 aliphatic carbocycles. The molecule has 6 N–H and O–H groups in total. The van der Waals surface area contributed by atoms with Crippen molar-refractivity contribution in [2.45, 2.75) is 144 Å². The van der Waals surface area contributed by atoms with Crippen molar-refractivity contribution < 1.29 is 38.3 Å². The zero-order chi connectivity index (χ0) is 44.7. The van der Waals surface area contributed by atoms with E-state index in [0.717, 1.165) is 12.0 Å². The summed E-state index contributed by atoms with van der Waals surface area (Å²) in [6.07, 6.45) is 2.26.